The van der Waals surface area contributed by atoms with Crippen LogP contribution < -0.4 is 14.8 Å². The topological polar surface area (TPSA) is 84.5 Å². The first kappa shape index (κ1) is 24.2. The molecule has 3 aromatic rings. The summed E-state index contributed by atoms with van der Waals surface area (Å²) >= 11 is 0. The van der Waals surface area contributed by atoms with Crippen LogP contribution in [0.4, 0.5) is 5.69 Å². The molecule has 0 spiro atoms. The van der Waals surface area contributed by atoms with Crippen molar-refractivity contribution in [1.82, 2.24) is 4.72 Å². The number of hydrogen-bond acceptors (Lipinski definition) is 4. The van der Waals surface area contributed by atoms with Crippen LogP contribution in [-0.2, 0) is 21.2 Å². The van der Waals surface area contributed by atoms with E-state index in [0.29, 0.717) is 23.6 Å². The van der Waals surface area contributed by atoms with Crippen molar-refractivity contribution in [3.63, 3.8) is 0 Å². The summed E-state index contributed by atoms with van der Waals surface area (Å²) in [7, 11) is -3.55. The van der Waals surface area contributed by atoms with Crippen molar-refractivity contribution in [2.45, 2.75) is 31.2 Å². The zero-order chi connectivity index (χ0) is 23.7. The summed E-state index contributed by atoms with van der Waals surface area (Å²) < 4.78 is 32.8. The normalized spacial score (nSPS) is 11.6. The molecular weight excluding hydrogens is 436 g/mol. The van der Waals surface area contributed by atoms with E-state index in [0.717, 1.165) is 6.42 Å². The van der Waals surface area contributed by atoms with E-state index in [2.05, 4.69) is 10.0 Å². The Hall–Kier alpha value is -3.42. The molecule has 6 nitrogen and oxygen atoms in total. The van der Waals surface area contributed by atoms with Crippen LogP contribution in [-0.4, -0.2) is 27.0 Å². The van der Waals surface area contributed by atoms with Gasteiger partial charge in [0.2, 0.25) is 15.9 Å². The minimum Gasteiger partial charge on any atom is -0.491 e. The molecule has 0 saturated heterocycles. The molecule has 0 aliphatic heterocycles. The van der Waals surface area contributed by atoms with Gasteiger partial charge >= 0.3 is 0 Å². The SMILES string of the molecule is CC(C)NS(=O)(=O)c1ccc(/C=C/C(=O)Nc2ccccc2OCCc2ccccc2)cc1. The number of nitrogens with one attached hydrogen (secondary N) is 2. The Morgan fingerprint density at radius 2 is 1.61 bits per heavy atom. The summed E-state index contributed by atoms with van der Waals surface area (Å²) in [6, 6.07) is 23.5. The largest absolute Gasteiger partial charge is 0.491 e. The Bertz CT molecular complexity index is 1190. The van der Waals surface area contributed by atoms with Crippen LogP contribution in [0, 0.1) is 0 Å². The monoisotopic (exact) mass is 464 g/mol. The van der Waals surface area contributed by atoms with Gasteiger partial charge in [0.05, 0.1) is 17.2 Å². The number of carbonyl (C=O) groups is 1. The molecule has 33 heavy (non-hydrogen) atoms. The molecular formula is C26H28N2O4S. The molecule has 7 heteroatoms. The highest BCUT2D eigenvalue weighted by molar-refractivity contribution is 7.89. The average Bonchev–Trinajstić information content (AvgIpc) is 2.79. The maximum Gasteiger partial charge on any atom is 0.248 e. The van der Waals surface area contributed by atoms with Crippen LogP contribution >= 0.6 is 0 Å². The van der Waals surface area contributed by atoms with Gasteiger partial charge in [-0.1, -0.05) is 54.6 Å². The van der Waals surface area contributed by atoms with E-state index in [-0.39, 0.29) is 16.8 Å². The number of para-hydroxylation sites is 2. The van der Waals surface area contributed by atoms with Crippen molar-refractivity contribution in [1.29, 1.82) is 0 Å². The fourth-order valence-electron chi connectivity index (χ4n) is 3.10. The molecule has 2 N–H and O–H groups in total. The second kappa shape index (κ2) is 11.4. The number of benzene rings is 3. The minimum atomic E-state index is -3.55. The maximum absolute atomic E-state index is 12.4. The predicted octanol–water partition coefficient (Wildman–Crippen LogP) is 4.65. The molecule has 0 unspecified atom stereocenters. The van der Waals surface area contributed by atoms with Gasteiger partial charge in [-0.05, 0) is 55.3 Å². The van der Waals surface area contributed by atoms with Gasteiger partial charge in [0.1, 0.15) is 5.75 Å². The lowest BCUT2D eigenvalue weighted by molar-refractivity contribution is -0.111. The Balaban J connectivity index is 1.58. The van der Waals surface area contributed by atoms with Crippen molar-refractivity contribution in [2.24, 2.45) is 0 Å². The van der Waals surface area contributed by atoms with Crippen LogP contribution in [0.25, 0.3) is 6.08 Å². The highest BCUT2D eigenvalue weighted by Crippen LogP contribution is 2.24. The molecule has 0 aromatic heterocycles. The average molecular weight is 465 g/mol. The first-order chi connectivity index (χ1) is 15.8. The molecule has 3 rings (SSSR count). The smallest absolute Gasteiger partial charge is 0.248 e. The van der Waals surface area contributed by atoms with Crippen molar-refractivity contribution < 1.29 is 17.9 Å². The molecule has 1 amide bonds. The van der Waals surface area contributed by atoms with E-state index in [1.54, 1.807) is 38.1 Å². The van der Waals surface area contributed by atoms with Gasteiger partial charge in [0, 0.05) is 18.5 Å². The van der Waals surface area contributed by atoms with Crippen molar-refractivity contribution >= 4 is 27.7 Å². The van der Waals surface area contributed by atoms with Crippen LogP contribution in [0.5, 0.6) is 5.75 Å². The molecule has 0 aliphatic rings. The van der Waals surface area contributed by atoms with Crippen molar-refractivity contribution in [3.05, 3.63) is 96.1 Å². The number of hydrogen-bond donors (Lipinski definition) is 2. The quantitative estimate of drug-likeness (QED) is 0.428. The third-order valence-corrected chi connectivity index (χ3v) is 6.32. The molecule has 0 aliphatic carbocycles. The molecule has 0 saturated carbocycles. The Labute approximate surface area is 195 Å². The summed E-state index contributed by atoms with van der Waals surface area (Å²) in [5.41, 5.74) is 2.48. The van der Waals surface area contributed by atoms with Gasteiger partial charge in [0.15, 0.2) is 0 Å². The molecule has 0 atom stereocenters. The summed E-state index contributed by atoms with van der Waals surface area (Å²) in [6.07, 6.45) is 3.79. The van der Waals surface area contributed by atoms with Crippen LogP contribution in [0.1, 0.15) is 25.0 Å². The second-order valence-corrected chi connectivity index (χ2v) is 9.46. The summed E-state index contributed by atoms with van der Waals surface area (Å²) in [5.74, 6) is 0.287. The van der Waals surface area contributed by atoms with Crippen molar-refractivity contribution in [2.75, 3.05) is 11.9 Å². The molecule has 0 bridgehead atoms. The number of ether oxygens (including phenoxy) is 1. The van der Waals surface area contributed by atoms with E-state index in [4.69, 9.17) is 4.74 Å². The predicted molar refractivity (Wildman–Crippen MR) is 132 cm³/mol. The van der Waals surface area contributed by atoms with Crippen LogP contribution in [0.2, 0.25) is 0 Å². The second-order valence-electron chi connectivity index (χ2n) is 7.75. The number of carbonyl (C=O) groups excluding carboxylic acids is 1. The number of amides is 1. The first-order valence-electron chi connectivity index (χ1n) is 10.7. The highest BCUT2D eigenvalue weighted by atomic mass is 32.2. The summed E-state index contributed by atoms with van der Waals surface area (Å²) in [4.78, 5) is 12.6. The standard InChI is InChI=1S/C26H28N2O4S/c1-20(2)28-33(30,31)23-15-12-22(13-16-23)14-17-26(29)27-24-10-6-7-11-25(24)32-19-18-21-8-4-3-5-9-21/h3-17,20,28H,18-19H2,1-2H3,(H,27,29)/b17-14+. The van der Waals surface area contributed by atoms with Gasteiger partial charge < -0.3 is 10.1 Å². The van der Waals surface area contributed by atoms with E-state index < -0.39 is 10.0 Å². The van der Waals surface area contributed by atoms with Gasteiger partial charge in [-0.3, -0.25) is 4.79 Å². The molecule has 0 heterocycles. The lowest BCUT2D eigenvalue weighted by Gasteiger charge is -2.11. The third-order valence-electron chi connectivity index (χ3n) is 4.64. The molecule has 3 aromatic carbocycles. The summed E-state index contributed by atoms with van der Waals surface area (Å²) in [6.45, 7) is 4.02. The van der Waals surface area contributed by atoms with Crippen LogP contribution in [0.15, 0.2) is 89.8 Å². The van der Waals surface area contributed by atoms with Gasteiger partial charge in [-0.15, -0.1) is 0 Å². The van der Waals surface area contributed by atoms with Gasteiger partial charge in [-0.25, -0.2) is 13.1 Å². The van der Waals surface area contributed by atoms with E-state index in [1.165, 1.54) is 23.8 Å². The summed E-state index contributed by atoms with van der Waals surface area (Å²) in [5, 5.41) is 2.83. The van der Waals surface area contributed by atoms with Crippen LogP contribution in [0.3, 0.4) is 0 Å². The van der Waals surface area contributed by atoms with Crippen molar-refractivity contribution in [3.8, 4) is 5.75 Å². The van der Waals surface area contributed by atoms with Gasteiger partial charge in [-0.2, -0.15) is 0 Å². The zero-order valence-corrected chi connectivity index (χ0v) is 19.5. The maximum atomic E-state index is 12.4. The highest BCUT2D eigenvalue weighted by Gasteiger charge is 2.14. The fourth-order valence-corrected chi connectivity index (χ4v) is 4.35. The Morgan fingerprint density at radius 1 is 0.939 bits per heavy atom. The number of sulfonamides is 1. The van der Waals surface area contributed by atoms with Gasteiger partial charge in [0.25, 0.3) is 0 Å². The Morgan fingerprint density at radius 3 is 2.30 bits per heavy atom. The van der Waals surface area contributed by atoms with E-state index in [1.807, 2.05) is 48.5 Å². The molecule has 172 valence electrons. The number of rotatable bonds is 10. The first-order valence-corrected chi connectivity index (χ1v) is 12.2. The number of anilines is 1. The minimum absolute atomic E-state index is 0.180. The fraction of sp³-hybridized carbons (Fsp3) is 0.192. The zero-order valence-electron chi connectivity index (χ0n) is 18.7. The van der Waals surface area contributed by atoms with E-state index in [9.17, 15) is 13.2 Å². The van der Waals surface area contributed by atoms with E-state index >= 15 is 0 Å². The lowest BCUT2D eigenvalue weighted by atomic mass is 10.2. The Kier molecular flexibility index (Phi) is 8.40. The third kappa shape index (κ3) is 7.59. The molecule has 0 fully saturated rings. The lowest BCUT2D eigenvalue weighted by Crippen LogP contribution is -2.30. The molecule has 0 radical (unpaired) electrons.